The molecule has 6 heteroatoms. The molecule has 0 N–H and O–H groups in total. The molecule has 1 aromatic rings. The number of carbonyl (C=O) groups excluding carboxylic acids is 1. The van der Waals surface area contributed by atoms with Crippen molar-refractivity contribution in [2.45, 2.75) is 46.5 Å². The van der Waals surface area contributed by atoms with Crippen LogP contribution in [0.5, 0.6) is 6.01 Å². The van der Waals surface area contributed by atoms with E-state index in [1.165, 1.54) is 6.08 Å². The fraction of sp³-hybridized carbons (Fsp3) is 0.632. The van der Waals surface area contributed by atoms with E-state index in [9.17, 15) is 4.79 Å². The van der Waals surface area contributed by atoms with Crippen LogP contribution < -0.4 is 9.64 Å². The Morgan fingerprint density at radius 1 is 1.20 bits per heavy atom. The van der Waals surface area contributed by atoms with Crippen LogP contribution in [-0.2, 0) is 11.2 Å². The lowest BCUT2D eigenvalue weighted by Gasteiger charge is -2.36. The first-order chi connectivity index (χ1) is 12.1. The van der Waals surface area contributed by atoms with Gasteiger partial charge in [-0.25, -0.2) is 4.98 Å². The molecule has 2 heterocycles. The van der Waals surface area contributed by atoms with Crippen molar-refractivity contribution in [1.82, 2.24) is 14.9 Å². The van der Waals surface area contributed by atoms with Gasteiger partial charge >= 0.3 is 6.01 Å². The number of anilines is 1. The Morgan fingerprint density at radius 3 is 2.52 bits per heavy atom. The molecule has 1 aromatic heterocycles. The summed E-state index contributed by atoms with van der Waals surface area (Å²) < 4.78 is 5.77. The van der Waals surface area contributed by atoms with Crippen molar-refractivity contribution >= 4 is 11.7 Å². The molecule has 1 fully saturated rings. The van der Waals surface area contributed by atoms with Gasteiger partial charge < -0.3 is 14.5 Å². The van der Waals surface area contributed by atoms with E-state index in [0.29, 0.717) is 25.7 Å². The highest BCUT2D eigenvalue weighted by Gasteiger charge is 2.23. The third-order valence-electron chi connectivity index (χ3n) is 4.57. The maximum Gasteiger partial charge on any atom is 0.318 e. The van der Waals surface area contributed by atoms with Gasteiger partial charge in [0.25, 0.3) is 0 Å². The van der Waals surface area contributed by atoms with E-state index in [1.807, 2.05) is 11.8 Å². The van der Waals surface area contributed by atoms with Gasteiger partial charge in [-0.1, -0.05) is 33.3 Å². The molecule has 1 amide bonds. The van der Waals surface area contributed by atoms with E-state index in [2.05, 4.69) is 35.3 Å². The van der Waals surface area contributed by atoms with Gasteiger partial charge in [-0.15, -0.1) is 0 Å². The Balaban J connectivity index is 2.11. The fourth-order valence-corrected chi connectivity index (χ4v) is 3.08. The molecule has 0 bridgehead atoms. The molecule has 6 nitrogen and oxygen atoms in total. The van der Waals surface area contributed by atoms with Crippen LogP contribution >= 0.6 is 0 Å². The van der Waals surface area contributed by atoms with Crippen molar-refractivity contribution in [3.8, 4) is 6.01 Å². The molecular weight excluding hydrogens is 316 g/mol. The van der Waals surface area contributed by atoms with Crippen LogP contribution in [0.2, 0.25) is 0 Å². The molecule has 1 saturated heterocycles. The third kappa shape index (κ3) is 4.94. The van der Waals surface area contributed by atoms with Crippen LogP contribution in [0.4, 0.5) is 5.82 Å². The number of ether oxygens (including phenoxy) is 1. The number of hydrogen-bond donors (Lipinski definition) is 0. The number of aryl methyl sites for hydroxylation is 1. The molecule has 0 atom stereocenters. The summed E-state index contributed by atoms with van der Waals surface area (Å²) in [5.74, 6) is 0.945. The smallest absolute Gasteiger partial charge is 0.318 e. The van der Waals surface area contributed by atoms with Crippen LogP contribution in [0, 0.1) is 6.92 Å². The van der Waals surface area contributed by atoms with Crippen molar-refractivity contribution < 1.29 is 9.53 Å². The normalized spacial score (nSPS) is 14.5. The number of carbonyl (C=O) groups is 1. The van der Waals surface area contributed by atoms with Crippen molar-refractivity contribution in [2.24, 2.45) is 0 Å². The topological polar surface area (TPSA) is 58.6 Å². The Bertz CT molecular complexity index is 595. The van der Waals surface area contributed by atoms with Crippen LogP contribution in [0.15, 0.2) is 12.7 Å². The monoisotopic (exact) mass is 346 g/mol. The molecule has 25 heavy (non-hydrogen) atoms. The van der Waals surface area contributed by atoms with Crippen LogP contribution in [0.1, 0.15) is 44.4 Å². The molecule has 138 valence electrons. The minimum absolute atomic E-state index is 0.00539. The van der Waals surface area contributed by atoms with Gasteiger partial charge in [0.1, 0.15) is 5.82 Å². The lowest BCUT2D eigenvalue weighted by atomic mass is 10.1. The number of amides is 1. The summed E-state index contributed by atoms with van der Waals surface area (Å²) in [5.41, 5.74) is 2.13. The predicted octanol–water partition coefficient (Wildman–Crippen LogP) is 2.75. The van der Waals surface area contributed by atoms with Crippen molar-refractivity contribution in [3.05, 3.63) is 23.9 Å². The maximum absolute atomic E-state index is 11.8. The van der Waals surface area contributed by atoms with Gasteiger partial charge in [0.2, 0.25) is 5.91 Å². The van der Waals surface area contributed by atoms with Crippen LogP contribution in [0.25, 0.3) is 0 Å². The summed E-state index contributed by atoms with van der Waals surface area (Å²) >= 11 is 0. The number of rotatable bonds is 8. The Labute approximate surface area is 150 Å². The van der Waals surface area contributed by atoms with E-state index in [-0.39, 0.29) is 5.91 Å². The molecule has 0 saturated carbocycles. The summed E-state index contributed by atoms with van der Waals surface area (Å²) in [7, 11) is 0. The lowest BCUT2D eigenvalue weighted by molar-refractivity contribution is -0.126. The van der Waals surface area contributed by atoms with Crippen molar-refractivity contribution in [2.75, 3.05) is 37.7 Å². The second-order valence-corrected chi connectivity index (χ2v) is 6.32. The molecule has 0 radical (unpaired) electrons. The van der Waals surface area contributed by atoms with Gasteiger partial charge in [0.05, 0.1) is 6.61 Å². The summed E-state index contributed by atoms with van der Waals surface area (Å²) in [6.45, 7) is 13.4. The van der Waals surface area contributed by atoms with Crippen molar-refractivity contribution in [1.29, 1.82) is 0 Å². The standard InChI is InChI=1S/C19H30N4O2/c1-5-8-9-14-25-19-20-15(4)16(6-2)18(21-19)23-12-10-22(11-13-23)17(24)7-3/h7H,3,5-6,8-14H2,1-2,4H3. The van der Waals surface area contributed by atoms with Crippen LogP contribution in [-0.4, -0.2) is 53.6 Å². The van der Waals surface area contributed by atoms with Gasteiger partial charge in [-0.2, -0.15) is 4.98 Å². The predicted molar refractivity (Wildman–Crippen MR) is 100 cm³/mol. The van der Waals surface area contributed by atoms with Gasteiger partial charge in [0.15, 0.2) is 0 Å². The second-order valence-electron chi connectivity index (χ2n) is 6.32. The summed E-state index contributed by atoms with van der Waals surface area (Å²) in [6, 6.07) is 0.463. The van der Waals surface area contributed by atoms with Gasteiger partial charge in [-0.3, -0.25) is 4.79 Å². The molecule has 0 unspecified atom stereocenters. The minimum Gasteiger partial charge on any atom is -0.463 e. The number of unbranched alkanes of at least 4 members (excludes halogenated alkanes) is 2. The minimum atomic E-state index is -0.00539. The highest BCUT2D eigenvalue weighted by molar-refractivity contribution is 5.87. The molecule has 1 aliphatic heterocycles. The molecule has 0 spiro atoms. The average Bonchev–Trinajstić information content (AvgIpc) is 2.64. The van der Waals surface area contributed by atoms with Crippen LogP contribution in [0.3, 0.4) is 0 Å². The number of piperazine rings is 1. The molecule has 0 aliphatic carbocycles. The second kappa shape index (κ2) is 9.39. The Hall–Kier alpha value is -2.11. The van der Waals surface area contributed by atoms with Crippen molar-refractivity contribution in [3.63, 3.8) is 0 Å². The van der Waals surface area contributed by atoms with Gasteiger partial charge in [0, 0.05) is 37.4 Å². The first kappa shape index (κ1) is 19.2. The molecule has 2 rings (SSSR count). The highest BCUT2D eigenvalue weighted by Crippen LogP contribution is 2.25. The lowest BCUT2D eigenvalue weighted by Crippen LogP contribution is -2.48. The number of nitrogens with zero attached hydrogens (tertiary/aromatic N) is 4. The number of aromatic nitrogens is 2. The summed E-state index contributed by atoms with van der Waals surface area (Å²) in [6.07, 6.45) is 5.59. The van der Waals surface area contributed by atoms with E-state index < -0.39 is 0 Å². The first-order valence-electron chi connectivity index (χ1n) is 9.27. The Morgan fingerprint density at radius 2 is 1.92 bits per heavy atom. The largest absolute Gasteiger partial charge is 0.463 e. The highest BCUT2D eigenvalue weighted by atomic mass is 16.5. The zero-order valence-corrected chi connectivity index (χ0v) is 15.8. The molecular formula is C19H30N4O2. The van der Waals surface area contributed by atoms with E-state index >= 15 is 0 Å². The first-order valence-corrected chi connectivity index (χ1v) is 9.27. The van der Waals surface area contributed by atoms with Gasteiger partial charge in [-0.05, 0) is 25.8 Å². The zero-order chi connectivity index (χ0) is 18.2. The SMILES string of the molecule is C=CC(=O)N1CCN(c2nc(OCCCCC)nc(C)c2CC)CC1. The zero-order valence-electron chi connectivity index (χ0n) is 15.8. The summed E-state index contributed by atoms with van der Waals surface area (Å²) in [5, 5.41) is 0. The molecule has 1 aliphatic rings. The Kier molecular flexibility index (Phi) is 7.22. The van der Waals surface area contributed by atoms with E-state index in [4.69, 9.17) is 4.74 Å². The van der Waals surface area contributed by atoms with E-state index in [1.54, 1.807) is 0 Å². The third-order valence-corrected chi connectivity index (χ3v) is 4.57. The molecule has 0 aromatic carbocycles. The fourth-order valence-electron chi connectivity index (χ4n) is 3.08. The average molecular weight is 346 g/mol. The quantitative estimate of drug-likeness (QED) is 0.535. The number of hydrogen-bond acceptors (Lipinski definition) is 5. The van der Waals surface area contributed by atoms with E-state index in [0.717, 1.165) is 55.8 Å². The summed E-state index contributed by atoms with van der Waals surface area (Å²) in [4.78, 5) is 25.0. The maximum atomic E-state index is 11.8.